The van der Waals surface area contributed by atoms with E-state index in [-0.39, 0.29) is 25.9 Å². The van der Waals surface area contributed by atoms with Crippen LogP contribution in [-0.2, 0) is 4.65 Å². The zero-order chi connectivity index (χ0) is 19.2. The summed E-state index contributed by atoms with van der Waals surface area (Å²) >= 11 is 11.9. The Labute approximate surface area is 165 Å². The molecule has 2 aromatic carbocycles. The van der Waals surface area contributed by atoms with Crippen LogP contribution in [-0.4, -0.2) is 30.0 Å². The van der Waals surface area contributed by atoms with Crippen LogP contribution in [0, 0.1) is 5.82 Å². The van der Waals surface area contributed by atoms with Crippen LogP contribution in [0.25, 0.3) is 0 Å². The third-order valence-electron chi connectivity index (χ3n) is 3.80. The molecule has 138 valence electrons. The second-order valence-electron chi connectivity index (χ2n) is 5.69. The van der Waals surface area contributed by atoms with Crippen molar-refractivity contribution in [3.63, 3.8) is 0 Å². The molecular formula is C18H15BCl2FN3O2. The van der Waals surface area contributed by atoms with Crippen LogP contribution in [0.5, 0.6) is 0 Å². The summed E-state index contributed by atoms with van der Waals surface area (Å²) in [5.74, 6) is -0.658. The number of rotatable bonds is 7. The number of hydrogen-bond donors (Lipinski definition) is 2. The van der Waals surface area contributed by atoms with Crippen molar-refractivity contribution in [1.29, 1.82) is 0 Å². The number of nitrogens with zero attached hydrogens (tertiary/aromatic N) is 1. The molecule has 3 aromatic rings. The minimum atomic E-state index is -0.637. The number of hydrogen-bond acceptors (Lipinski definition) is 4. The molecule has 27 heavy (non-hydrogen) atoms. The number of aromatic amines is 1. The summed E-state index contributed by atoms with van der Waals surface area (Å²) in [7, 11) is 0. The molecule has 3 rings (SSSR count). The summed E-state index contributed by atoms with van der Waals surface area (Å²) in [4.78, 5) is 16.8. The molecule has 0 aliphatic heterocycles. The molecule has 0 amide bonds. The molecule has 0 saturated heterocycles. The highest BCUT2D eigenvalue weighted by Crippen LogP contribution is 2.08. The molecule has 9 heteroatoms. The summed E-state index contributed by atoms with van der Waals surface area (Å²) in [6.07, 6.45) is 0.867. The van der Waals surface area contributed by atoms with E-state index in [1.807, 2.05) is 24.3 Å². The number of H-pyrrole nitrogens is 1. The predicted molar refractivity (Wildman–Crippen MR) is 107 cm³/mol. The maximum absolute atomic E-state index is 13.6. The Kier molecular flexibility index (Phi) is 6.50. The zero-order valence-corrected chi connectivity index (χ0v) is 15.6. The van der Waals surface area contributed by atoms with Gasteiger partial charge in [0.05, 0.1) is 6.20 Å². The fourth-order valence-electron chi connectivity index (χ4n) is 2.52. The third kappa shape index (κ3) is 5.32. The maximum atomic E-state index is 13.6. The van der Waals surface area contributed by atoms with Crippen molar-refractivity contribution in [3.8, 4) is 0 Å². The molecule has 0 unspecified atom stereocenters. The maximum Gasteiger partial charge on any atom is 0.361 e. The van der Waals surface area contributed by atoms with Crippen molar-refractivity contribution in [2.75, 3.05) is 18.5 Å². The Bertz CT molecular complexity index is 907. The van der Waals surface area contributed by atoms with Crippen LogP contribution in [0.15, 0.2) is 59.5 Å². The summed E-state index contributed by atoms with van der Waals surface area (Å²) in [6, 6.07) is 14.7. The number of aromatic nitrogens is 2. The summed E-state index contributed by atoms with van der Waals surface area (Å²) in [6.45, 7) is 0.205. The fraction of sp³-hybridized carbons (Fsp3) is 0.111. The van der Waals surface area contributed by atoms with E-state index in [0.29, 0.717) is 10.0 Å². The average molecular weight is 406 g/mol. The van der Waals surface area contributed by atoms with E-state index in [9.17, 15) is 9.18 Å². The van der Waals surface area contributed by atoms with Crippen LogP contribution < -0.4 is 21.9 Å². The molecule has 0 aliphatic carbocycles. The van der Waals surface area contributed by atoms with E-state index in [1.54, 1.807) is 24.3 Å². The van der Waals surface area contributed by atoms with Crippen LogP contribution in [0.4, 0.5) is 10.2 Å². The van der Waals surface area contributed by atoms with Gasteiger partial charge in [-0.05, 0) is 35.2 Å². The molecular weight excluding hydrogens is 391 g/mol. The van der Waals surface area contributed by atoms with E-state index in [4.69, 9.17) is 27.9 Å². The highest BCUT2D eigenvalue weighted by Gasteiger charge is 2.21. The van der Waals surface area contributed by atoms with Gasteiger partial charge in [0.25, 0.3) is 0 Å². The number of halogens is 3. The Balaban J connectivity index is 1.70. The first-order chi connectivity index (χ1) is 13.0. The Morgan fingerprint density at radius 3 is 2.15 bits per heavy atom. The van der Waals surface area contributed by atoms with Crippen molar-refractivity contribution in [2.45, 2.75) is 0 Å². The highest BCUT2D eigenvalue weighted by molar-refractivity contribution is 6.80. The fourth-order valence-corrected chi connectivity index (χ4v) is 2.77. The van der Waals surface area contributed by atoms with Crippen LogP contribution in [0.1, 0.15) is 0 Å². The van der Waals surface area contributed by atoms with Crippen molar-refractivity contribution in [2.24, 2.45) is 0 Å². The minimum Gasteiger partial charge on any atom is -0.425 e. The van der Waals surface area contributed by atoms with Gasteiger partial charge in [-0.25, -0.2) is 9.18 Å². The monoisotopic (exact) mass is 405 g/mol. The number of anilines is 1. The molecule has 2 N–H and O–H groups in total. The quantitative estimate of drug-likeness (QED) is 0.468. The summed E-state index contributed by atoms with van der Waals surface area (Å²) < 4.78 is 19.6. The zero-order valence-electron chi connectivity index (χ0n) is 14.1. The standard InChI is InChI=1S/C18H15BCl2FN3O2/c20-14-5-1-12(2-6-14)19(13-3-7-15(21)8-4-13)27-10-9-23-17-16(22)11-24-18(26)25-17/h1-8,11H,9-10H2,(H2,23,24,25,26). The molecule has 0 atom stereocenters. The molecule has 0 bridgehead atoms. The summed E-state index contributed by atoms with van der Waals surface area (Å²) in [5, 5.41) is 4.06. The van der Waals surface area contributed by atoms with E-state index < -0.39 is 11.5 Å². The van der Waals surface area contributed by atoms with Gasteiger partial charge in [-0.3, -0.25) is 4.98 Å². The molecule has 5 nitrogen and oxygen atoms in total. The first kappa shape index (κ1) is 19.4. The largest absolute Gasteiger partial charge is 0.425 e. The van der Waals surface area contributed by atoms with Crippen molar-refractivity contribution in [1.82, 2.24) is 9.97 Å². The predicted octanol–water partition coefficient (Wildman–Crippen LogP) is 2.45. The lowest BCUT2D eigenvalue weighted by Crippen LogP contribution is -2.45. The Morgan fingerprint density at radius 2 is 1.59 bits per heavy atom. The highest BCUT2D eigenvalue weighted by atomic mass is 35.5. The van der Waals surface area contributed by atoms with Crippen LogP contribution >= 0.6 is 23.2 Å². The van der Waals surface area contributed by atoms with Gasteiger partial charge in [0.2, 0.25) is 0 Å². The van der Waals surface area contributed by atoms with Crippen molar-refractivity contribution < 1.29 is 9.04 Å². The van der Waals surface area contributed by atoms with E-state index in [0.717, 1.165) is 17.1 Å². The third-order valence-corrected chi connectivity index (χ3v) is 4.30. The lowest BCUT2D eigenvalue weighted by Gasteiger charge is -2.16. The van der Waals surface area contributed by atoms with Gasteiger partial charge in [-0.15, -0.1) is 0 Å². The first-order valence-corrected chi connectivity index (χ1v) is 8.90. The van der Waals surface area contributed by atoms with Gasteiger partial charge in [-0.1, -0.05) is 47.5 Å². The molecule has 0 spiro atoms. The molecule has 0 aliphatic rings. The summed E-state index contributed by atoms with van der Waals surface area (Å²) in [5.41, 5.74) is 1.22. The van der Waals surface area contributed by atoms with Crippen molar-refractivity contribution >= 4 is 46.9 Å². The van der Waals surface area contributed by atoms with E-state index in [1.165, 1.54) is 0 Å². The average Bonchev–Trinajstić information content (AvgIpc) is 2.66. The SMILES string of the molecule is O=c1ncc(F)c(NCCOB(c2ccc(Cl)cc2)c2ccc(Cl)cc2)[nH]1. The molecule has 1 aromatic heterocycles. The van der Waals surface area contributed by atoms with Gasteiger partial charge in [0.15, 0.2) is 5.82 Å². The topological polar surface area (TPSA) is 67.0 Å². The van der Waals surface area contributed by atoms with Gasteiger partial charge in [0, 0.05) is 23.2 Å². The molecule has 0 saturated carbocycles. The van der Waals surface area contributed by atoms with Crippen molar-refractivity contribution in [3.05, 3.63) is 81.1 Å². The van der Waals surface area contributed by atoms with Gasteiger partial charge in [-0.2, -0.15) is 4.98 Å². The first-order valence-electron chi connectivity index (χ1n) is 8.14. The van der Waals surface area contributed by atoms with Gasteiger partial charge >= 0.3 is 12.6 Å². The van der Waals surface area contributed by atoms with Crippen LogP contribution in [0.2, 0.25) is 10.0 Å². The van der Waals surface area contributed by atoms with Gasteiger partial charge < -0.3 is 9.97 Å². The number of benzene rings is 2. The Morgan fingerprint density at radius 1 is 1.04 bits per heavy atom. The molecule has 0 radical (unpaired) electrons. The minimum absolute atomic E-state index is 0.0202. The molecule has 0 fully saturated rings. The second kappa shape index (κ2) is 9.04. The lowest BCUT2D eigenvalue weighted by atomic mass is 9.55. The van der Waals surface area contributed by atoms with Gasteiger partial charge in [0.1, 0.15) is 5.82 Å². The van der Waals surface area contributed by atoms with E-state index in [2.05, 4.69) is 15.3 Å². The lowest BCUT2D eigenvalue weighted by molar-refractivity contribution is 0.349. The second-order valence-corrected chi connectivity index (χ2v) is 6.56. The number of nitrogens with one attached hydrogen (secondary N) is 2. The van der Waals surface area contributed by atoms with E-state index >= 15 is 0 Å². The Hall–Kier alpha value is -2.35. The normalized spacial score (nSPS) is 10.6. The molecule has 1 heterocycles. The smallest absolute Gasteiger partial charge is 0.361 e. The van der Waals surface area contributed by atoms with Crippen LogP contribution in [0.3, 0.4) is 0 Å².